The van der Waals surface area contributed by atoms with Crippen LogP contribution in [0.15, 0.2) is 48.7 Å². The zero-order chi connectivity index (χ0) is 28.9. The van der Waals surface area contributed by atoms with Gasteiger partial charge in [-0.25, -0.2) is 0 Å². The summed E-state index contributed by atoms with van der Waals surface area (Å²) in [5, 5.41) is 1.11. The largest absolute Gasteiger partial charge is 0.497 e. The molecular weight excluding hydrogens is 530 g/mol. The molecule has 3 aliphatic heterocycles. The lowest BCUT2D eigenvalue weighted by Crippen LogP contribution is -2.45. The number of nitrogens with one attached hydrogen (secondary N) is 1. The van der Waals surface area contributed by atoms with Crippen LogP contribution in [0, 0.1) is 5.41 Å². The third-order valence-electron chi connectivity index (χ3n) is 9.60. The summed E-state index contributed by atoms with van der Waals surface area (Å²) in [7, 11) is 1.67. The van der Waals surface area contributed by atoms with E-state index in [2.05, 4.69) is 4.98 Å². The number of rotatable bonds is 4. The fraction of sp³-hybridized carbons (Fsp3) is 0.529. The fourth-order valence-electron chi connectivity index (χ4n) is 6.94. The van der Waals surface area contributed by atoms with E-state index < -0.39 is 0 Å². The van der Waals surface area contributed by atoms with E-state index in [0.717, 1.165) is 93.4 Å². The first-order valence-corrected chi connectivity index (χ1v) is 15.6. The van der Waals surface area contributed by atoms with Crippen LogP contribution in [0.1, 0.15) is 67.3 Å². The third-order valence-corrected chi connectivity index (χ3v) is 9.60. The van der Waals surface area contributed by atoms with Gasteiger partial charge in [-0.05, 0) is 80.8 Å². The van der Waals surface area contributed by atoms with Gasteiger partial charge >= 0.3 is 0 Å². The number of aromatic amines is 1. The number of methoxy groups -OCH3 is 1. The molecule has 2 fully saturated rings. The number of likely N-dealkylation sites (tertiary alicyclic amines) is 1. The number of carbonyl (C=O) groups is 2. The smallest absolute Gasteiger partial charge is 0.257 e. The van der Waals surface area contributed by atoms with Gasteiger partial charge in [-0.1, -0.05) is 18.6 Å². The average molecular weight is 574 g/mol. The molecule has 0 radical (unpaired) electrons. The van der Waals surface area contributed by atoms with Crippen LogP contribution < -0.4 is 9.47 Å². The van der Waals surface area contributed by atoms with Crippen LogP contribution in [0.2, 0.25) is 0 Å². The van der Waals surface area contributed by atoms with Gasteiger partial charge in [0.05, 0.1) is 31.9 Å². The maximum atomic E-state index is 13.6. The summed E-state index contributed by atoms with van der Waals surface area (Å²) in [6.07, 6.45) is 10.1. The third kappa shape index (κ3) is 6.14. The number of nitrogens with zero attached hydrogens (tertiary/aromatic N) is 2. The Kier molecular flexibility index (Phi) is 8.70. The quantitative estimate of drug-likeness (QED) is 0.439. The van der Waals surface area contributed by atoms with E-state index in [1.54, 1.807) is 7.11 Å². The first-order chi connectivity index (χ1) is 20.5. The molecule has 1 N–H and O–H groups in total. The summed E-state index contributed by atoms with van der Waals surface area (Å²) < 4.78 is 18.0. The van der Waals surface area contributed by atoms with E-state index in [9.17, 15) is 9.59 Å². The monoisotopic (exact) mass is 573 g/mol. The summed E-state index contributed by atoms with van der Waals surface area (Å²) >= 11 is 0. The van der Waals surface area contributed by atoms with Crippen molar-refractivity contribution in [3.05, 3.63) is 59.8 Å². The van der Waals surface area contributed by atoms with Gasteiger partial charge in [0.25, 0.3) is 5.91 Å². The number of carbonyl (C=O) groups excluding carboxylic acids is 2. The van der Waals surface area contributed by atoms with Crippen molar-refractivity contribution in [2.45, 2.75) is 63.8 Å². The SMILES string of the molecule is COc1ccc2[nH]cc(CCC(=O)N3CCC4(CCCCOC[C@@H]5CCCN5C(=O)c5ccccc5OC4)CC3)c2c1. The van der Waals surface area contributed by atoms with Crippen LogP contribution in [0.3, 0.4) is 0 Å². The number of H-pyrrole nitrogens is 1. The van der Waals surface area contributed by atoms with E-state index in [1.807, 2.05) is 58.5 Å². The molecule has 2 aromatic carbocycles. The van der Waals surface area contributed by atoms with Gasteiger partial charge in [-0.15, -0.1) is 0 Å². The second-order valence-corrected chi connectivity index (χ2v) is 12.2. The van der Waals surface area contributed by atoms with Crippen molar-refractivity contribution in [3.8, 4) is 11.5 Å². The van der Waals surface area contributed by atoms with Gasteiger partial charge in [0.1, 0.15) is 11.5 Å². The average Bonchev–Trinajstić information content (AvgIpc) is 3.67. The van der Waals surface area contributed by atoms with E-state index in [1.165, 1.54) is 0 Å². The Balaban J connectivity index is 1.10. The molecule has 224 valence electrons. The van der Waals surface area contributed by atoms with E-state index in [-0.39, 0.29) is 23.3 Å². The maximum absolute atomic E-state index is 13.6. The molecule has 4 heterocycles. The zero-order valence-electron chi connectivity index (χ0n) is 24.7. The van der Waals surface area contributed by atoms with Crippen molar-refractivity contribution in [3.63, 3.8) is 0 Å². The molecule has 6 rings (SSSR count). The molecule has 8 nitrogen and oxygen atoms in total. The van der Waals surface area contributed by atoms with E-state index in [4.69, 9.17) is 14.2 Å². The Morgan fingerprint density at radius 3 is 2.79 bits per heavy atom. The molecule has 8 heteroatoms. The van der Waals surface area contributed by atoms with Crippen molar-refractivity contribution in [1.82, 2.24) is 14.8 Å². The normalized spacial score (nSPS) is 21.5. The van der Waals surface area contributed by atoms with Gasteiger partial charge < -0.3 is 29.0 Å². The molecule has 2 amide bonds. The first-order valence-electron chi connectivity index (χ1n) is 15.6. The van der Waals surface area contributed by atoms with Crippen molar-refractivity contribution in [1.29, 1.82) is 0 Å². The fourth-order valence-corrected chi connectivity index (χ4v) is 6.94. The maximum Gasteiger partial charge on any atom is 0.257 e. The van der Waals surface area contributed by atoms with Gasteiger partial charge in [-0.3, -0.25) is 9.59 Å². The number of piperidine rings is 1. The topological polar surface area (TPSA) is 84.1 Å². The van der Waals surface area contributed by atoms with Crippen molar-refractivity contribution >= 4 is 22.7 Å². The van der Waals surface area contributed by atoms with Gasteiger partial charge in [-0.2, -0.15) is 0 Å². The Hall–Kier alpha value is -3.52. The number of amides is 2. The highest BCUT2D eigenvalue weighted by Crippen LogP contribution is 2.39. The minimum absolute atomic E-state index is 0.0272. The van der Waals surface area contributed by atoms with Crippen LogP contribution in [-0.4, -0.2) is 79.2 Å². The molecule has 0 aliphatic carbocycles. The van der Waals surface area contributed by atoms with Gasteiger partial charge in [0.15, 0.2) is 0 Å². The summed E-state index contributed by atoms with van der Waals surface area (Å²) in [4.78, 5) is 34.2. The number of benzene rings is 2. The Morgan fingerprint density at radius 2 is 1.93 bits per heavy atom. The molecule has 3 aliphatic rings. The summed E-state index contributed by atoms with van der Waals surface area (Å²) in [6, 6.07) is 13.8. The summed E-state index contributed by atoms with van der Waals surface area (Å²) in [6.45, 7) is 4.11. The molecule has 1 atom stereocenters. The minimum atomic E-state index is -0.0272. The number of hydrogen-bond donors (Lipinski definition) is 1. The lowest BCUT2D eigenvalue weighted by molar-refractivity contribution is -0.134. The summed E-state index contributed by atoms with van der Waals surface area (Å²) in [5.74, 6) is 1.73. The second-order valence-electron chi connectivity index (χ2n) is 12.2. The molecule has 1 aromatic heterocycles. The van der Waals surface area contributed by atoms with Crippen molar-refractivity contribution < 1.29 is 23.8 Å². The second kappa shape index (κ2) is 12.8. The zero-order valence-corrected chi connectivity index (χ0v) is 24.7. The number of aromatic nitrogens is 1. The Bertz CT molecular complexity index is 1390. The van der Waals surface area contributed by atoms with E-state index >= 15 is 0 Å². The Labute approximate surface area is 248 Å². The summed E-state index contributed by atoms with van der Waals surface area (Å²) in [5.41, 5.74) is 2.81. The predicted octanol–water partition coefficient (Wildman–Crippen LogP) is 5.60. The number of aryl methyl sites for hydroxylation is 1. The van der Waals surface area contributed by atoms with Crippen LogP contribution in [0.4, 0.5) is 0 Å². The predicted molar refractivity (Wildman–Crippen MR) is 162 cm³/mol. The molecule has 42 heavy (non-hydrogen) atoms. The molecule has 1 spiro atoms. The molecule has 0 unspecified atom stereocenters. The lowest BCUT2D eigenvalue weighted by atomic mass is 9.75. The minimum Gasteiger partial charge on any atom is -0.497 e. The van der Waals surface area contributed by atoms with Gasteiger partial charge in [0.2, 0.25) is 5.91 Å². The van der Waals surface area contributed by atoms with Gasteiger partial charge in [0, 0.05) is 55.2 Å². The Morgan fingerprint density at radius 1 is 1.07 bits per heavy atom. The lowest BCUT2D eigenvalue weighted by Gasteiger charge is -2.42. The number of fused-ring (bicyclic) bond motifs is 3. The van der Waals surface area contributed by atoms with Crippen LogP contribution >= 0.6 is 0 Å². The van der Waals surface area contributed by atoms with Crippen molar-refractivity contribution in [2.75, 3.05) is 46.6 Å². The van der Waals surface area contributed by atoms with E-state index in [0.29, 0.717) is 37.4 Å². The molecular formula is C34H43N3O5. The number of hydrogen-bond acceptors (Lipinski definition) is 5. The highest BCUT2D eigenvalue weighted by atomic mass is 16.5. The van der Waals surface area contributed by atoms with Crippen LogP contribution in [0.5, 0.6) is 11.5 Å². The molecule has 3 aromatic rings. The molecule has 0 saturated carbocycles. The van der Waals surface area contributed by atoms with Crippen LogP contribution in [-0.2, 0) is 16.0 Å². The highest BCUT2D eigenvalue weighted by molar-refractivity contribution is 5.97. The molecule has 0 bridgehead atoms. The highest BCUT2D eigenvalue weighted by Gasteiger charge is 2.37. The van der Waals surface area contributed by atoms with Crippen LogP contribution in [0.25, 0.3) is 10.9 Å². The number of ether oxygens (including phenoxy) is 3. The number of para-hydroxylation sites is 1. The van der Waals surface area contributed by atoms with Crippen molar-refractivity contribution in [2.24, 2.45) is 5.41 Å². The standard InChI is InChI=1S/C34H43N3O5/c1-40-27-11-12-30-29(21-27)25(22-35-30)10-13-32(38)36-18-15-34(16-19-36)14-4-5-20-41-23-26-7-6-17-37(26)33(39)28-8-2-3-9-31(28)42-24-34/h2-3,8-9,11-12,21-22,26,35H,4-7,10,13-20,23-24H2,1H3/t26-/m0/s1. The molecule has 2 saturated heterocycles. The first kappa shape index (κ1) is 28.6.